The number of methoxy groups -OCH3 is 1. The Morgan fingerprint density at radius 1 is 1.50 bits per heavy atom. The normalized spacial score (nSPS) is 13.4. The zero-order valence-corrected chi connectivity index (χ0v) is 12.2. The SMILES string of the molecule is COc1cc(NCC(CN)CC(C)(C)C)nn1C. The highest BCUT2D eigenvalue weighted by Crippen LogP contribution is 2.24. The van der Waals surface area contributed by atoms with Gasteiger partial charge in [0.1, 0.15) is 0 Å². The number of hydrogen-bond donors (Lipinski definition) is 2. The second kappa shape index (κ2) is 6.09. The van der Waals surface area contributed by atoms with Crippen LogP contribution in [0.15, 0.2) is 6.07 Å². The van der Waals surface area contributed by atoms with E-state index in [0.717, 1.165) is 24.7 Å². The number of rotatable bonds is 6. The van der Waals surface area contributed by atoms with Crippen molar-refractivity contribution in [3.05, 3.63) is 6.07 Å². The van der Waals surface area contributed by atoms with Gasteiger partial charge in [0.2, 0.25) is 5.88 Å². The molecule has 1 aromatic rings. The Bertz CT molecular complexity index is 368. The molecule has 0 bridgehead atoms. The van der Waals surface area contributed by atoms with E-state index in [0.29, 0.717) is 17.9 Å². The van der Waals surface area contributed by atoms with Gasteiger partial charge in [-0.25, -0.2) is 4.68 Å². The molecule has 0 aliphatic rings. The van der Waals surface area contributed by atoms with Crippen LogP contribution in [0.4, 0.5) is 5.82 Å². The summed E-state index contributed by atoms with van der Waals surface area (Å²) in [5.74, 6) is 2.04. The Labute approximate surface area is 110 Å². The van der Waals surface area contributed by atoms with Crippen LogP contribution in [0.1, 0.15) is 27.2 Å². The Morgan fingerprint density at radius 3 is 2.61 bits per heavy atom. The molecule has 0 radical (unpaired) electrons. The number of aryl methyl sites for hydroxylation is 1. The number of aromatic nitrogens is 2. The van der Waals surface area contributed by atoms with Gasteiger partial charge in [-0.15, -0.1) is 0 Å². The fourth-order valence-electron chi connectivity index (χ4n) is 2.08. The van der Waals surface area contributed by atoms with E-state index >= 15 is 0 Å². The van der Waals surface area contributed by atoms with Gasteiger partial charge in [-0.05, 0) is 24.3 Å². The molecule has 18 heavy (non-hydrogen) atoms. The molecule has 0 amide bonds. The second-order valence-corrected chi connectivity index (χ2v) is 5.94. The summed E-state index contributed by atoms with van der Waals surface area (Å²) in [6.07, 6.45) is 1.10. The van der Waals surface area contributed by atoms with E-state index in [9.17, 15) is 0 Å². The van der Waals surface area contributed by atoms with Gasteiger partial charge in [-0.3, -0.25) is 0 Å². The topological polar surface area (TPSA) is 65.1 Å². The first-order chi connectivity index (χ1) is 8.35. The van der Waals surface area contributed by atoms with Crippen LogP contribution in [-0.4, -0.2) is 30.0 Å². The van der Waals surface area contributed by atoms with Crippen LogP contribution in [0, 0.1) is 11.3 Å². The first kappa shape index (κ1) is 14.8. The Hall–Kier alpha value is -1.23. The van der Waals surface area contributed by atoms with Crippen LogP contribution >= 0.6 is 0 Å². The summed E-state index contributed by atoms with van der Waals surface area (Å²) >= 11 is 0. The highest BCUT2D eigenvalue weighted by atomic mass is 16.5. The van der Waals surface area contributed by atoms with Crippen molar-refractivity contribution in [1.82, 2.24) is 9.78 Å². The van der Waals surface area contributed by atoms with Crippen LogP contribution in [-0.2, 0) is 7.05 Å². The van der Waals surface area contributed by atoms with Crippen molar-refractivity contribution in [2.45, 2.75) is 27.2 Å². The minimum absolute atomic E-state index is 0.299. The molecule has 0 aromatic carbocycles. The fourth-order valence-corrected chi connectivity index (χ4v) is 2.08. The first-order valence-electron chi connectivity index (χ1n) is 6.37. The lowest BCUT2D eigenvalue weighted by molar-refractivity contribution is 0.305. The van der Waals surface area contributed by atoms with Gasteiger partial charge in [-0.2, -0.15) is 5.10 Å². The maximum Gasteiger partial charge on any atom is 0.213 e. The molecule has 0 saturated carbocycles. The van der Waals surface area contributed by atoms with Gasteiger partial charge in [0.15, 0.2) is 5.82 Å². The number of ether oxygens (including phenoxy) is 1. The predicted molar refractivity (Wildman–Crippen MR) is 74.9 cm³/mol. The number of nitrogens with two attached hydrogens (primary N) is 1. The summed E-state index contributed by atoms with van der Waals surface area (Å²) in [5.41, 5.74) is 6.11. The molecule has 1 aromatic heterocycles. The van der Waals surface area contributed by atoms with E-state index in [2.05, 4.69) is 31.2 Å². The van der Waals surface area contributed by atoms with Crippen molar-refractivity contribution in [3.8, 4) is 5.88 Å². The molecule has 0 fully saturated rings. The van der Waals surface area contributed by atoms with Crippen LogP contribution in [0.25, 0.3) is 0 Å². The summed E-state index contributed by atoms with van der Waals surface area (Å²) in [5, 5.41) is 7.65. The number of hydrogen-bond acceptors (Lipinski definition) is 4. The van der Waals surface area contributed by atoms with E-state index in [1.807, 2.05) is 13.1 Å². The van der Waals surface area contributed by atoms with Crippen molar-refractivity contribution < 1.29 is 4.74 Å². The highest BCUT2D eigenvalue weighted by molar-refractivity contribution is 5.38. The minimum Gasteiger partial charge on any atom is -0.481 e. The van der Waals surface area contributed by atoms with Crippen molar-refractivity contribution >= 4 is 5.82 Å². The molecule has 1 heterocycles. The molecule has 0 aliphatic heterocycles. The van der Waals surface area contributed by atoms with Crippen molar-refractivity contribution in [2.75, 3.05) is 25.5 Å². The van der Waals surface area contributed by atoms with Crippen LogP contribution in [0.2, 0.25) is 0 Å². The van der Waals surface area contributed by atoms with E-state index in [1.165, 1.54) is 0 Å². The zero-order chi connectivity index (χ0) is 13.8. The number of nitrogens with zero attached hydrogens (tertiary/aromatic N) is 2. The molecule has 0 spiro atoms. The van der Waals surface area contributed by atoms with Gasteiger partial charge >= 0.3 is 0 Å². The molecule has 1 unspecified atom stereocenters. The third kappa shape index (κ3) is 4.56. The van der Waals surface area contributed by atoms with E-state index in [-0.39, 0.29) is 0 Å². The van der Waals surface area contributed by atoms with Gasteiger partial charge < -0.3 is 15.8 Å². The van der Waals surface area contributed by atoms with E-state index in [1.54, 1.807) is 11.8 Å². The molecular formula is C13H26N4O. The molecule has 0 saturated heterocycles. The van der Waals surface area contributed by atoms with E-state index < -0.39 is 0 Å². The minimum atomic E-state index is 0.299. The van der Waals surface area contributed by atoms with Crippen LogP contribution < -0.4 is 15.8 Å². The smallest absolute Gasteiger partial charge is 0.213 e. The van der Waals surface area contributed by atoms with Gasteiger partial charge in [0.05, 0.1) is 7.11 Å². The quantitative estimate of drug-likeness (QED) is 0.813. The average Bonchev–Trinajstić information content (AvgIpc) is 2.63. The lowest BCUT2D eigenvalue weighted by Gasteiger charge is -2.25. The Morgan fingerprint density at radius 2 is 2.17 bits per heavy atom. The molecule has 3 N–H and O–H groups in total. The fraction of sp³-hybridized carbons (Fsp3) is 0.769. The van der Waals surface area contributed by atoms with Gasteiger partial charge in [0, 0.05) is 19.7 Å². The molecule has 5 nitrogen and oxygen atoms in total. The summed E-state index contributed by atoms with van der Waals surface area (Å²) in [6.45, 7) is 8.24. The van der Waals surface area contributed by atoms with Crippen molar-refractivity contribution in [3.63, 3.8) is 0 Å². The molecule has 0 aliphatic carbocycles. The van der Waals surface area contributed by atoms with Crippen molar-refractivity contribution in [1.29, 1.82) is 0 Å². The first-order valence-corrected chi connectivity index (χ1v) is 6.37. The maximum absolute atomic E-state index is 5.82. The monoisotopic (exact) mass is 254 g/mol. The molecule has 1 rings (SSSR count). The highest BCUT2D eigenvalue weighted by Gasteiger charge is 2.18. The third-order valence-electron chi connectivity index (χ3n) is 2.85. The summed E-state index contributed by atoms with van der Waals surface area (Å²) in [7, 11) is 3.50. The standard InChI is InChI=1S/C13H26N4O/c1-13(2,3)7-10(8-14)9-15-11-6-12(18-5)17(4)16-11/h6,10H,7-9,14H2,1-5H3,(H,15,16). The third-order valence-corrected chi connectivity index (χ3v) is 2.85. The van der Waals surface area contributed by atoms with Gasteiger partial charge in [0.25, 0.3) is 0 Å². The van der Waals surface area contributed by atoms with Gasteiger partial charge in [-0.1, -0.05) is 20.8 Å². The zero-order valence-electron chi connectivity index (χ0n) is 12.2. The summed E-state index contributed by atoms with van der Waals surface area (Å²) in [6, 6.07) is 1.89. The second-order valence-electron chi connectivity index (χ2n) is 5.94. The number of anilines is 1. The van der Waals surface area contributed by atoms with Crippen LogP contribution in [0.5, 0.6) is 5.88 Å². The van der Waals surface area contributed by atoms with Crippen LogP contribution in [0.3, 0.4) is 0 Å². The Balaban J connectivity index is 2.51. The molecule has 104 valence electrons. The maximum atomic E-state index is 5.82. The predicted octanol–water partition coefficient (Wildman–Crippen LogP) is 1.85. The Kier molecular flexibility index (Phi) is 5.02. The summed E-state index contributed by atoms with van der Waals surface area (Å²) < 4.78 is 6.89. The molecular weight excluding hydrogens is 228 g/mol. The lowest BCUT2D eigenvalue weighted by atomic mass is 9.84. The number of nitrogens with one attached hydrogen (secondary N) is 1. The van der Waals surface area contributed by atoms with Crippen molar-refractivity contribution in [2.24, 2.45) is 24.1 Å². The largest absolute Gasteiger partial charge is 0.481 e. The lowest BCUT2D eigenvalue weighted by Crippen LogP contribution is -2.27. The average molecular weight is 254 g/mol. The van der Waals surface area contributed by atoms with E-state index in [4.69, 9.17) is 10.5 Å². The molecule has 1 atom stereocenters. The molecule has 5 heteroatoms. The summed E-state index contributed by atoms with van der Waals surface area (Å²) in [4.78, 5) is 0.